The molecule has 0 saturated heterocycles. The second-order valence-corrected chi connectivity index (χ2v) is 6.06. The summed E-state index contributed by atoms with van der Waals surface area (Å²) in [6, 6.07) is 9.09. The highest BCUT2D eigenvalue weighted by Gasteiger charge is 2.20. The number of carboxylic acids is 2. The van der Waals surface area contributed by atoms with E-state index in [1.54, 1.807) is 0 Å². The van der Waals surface area contributed by atoms with Gasteiger partial charge in [0.05, 0.1) is 6.54 Å². The molecule has 0 spiro atoms. The highest BCUT2D eigenvalue weighted by atomic mass is 16.4. The Morgan fingerprint density at radius 2 is 1.74 bits per heavy atom. The van der Waals surface area contributed by atoms with Gasteiger partial charge in [0.1, 0.15) is 6.04 Å². The zero-order valence-corrected chi connectivity index (χ0v) is 13.7. The molecule has 4 N–H and O–H groups in total. The van der Waals surface area contributed by atoms with Crippen LogP contribution in [0.4, 0.5) is 0 Å². The number of nitrogens with one attached hydrogen (secondary N) is 2. The number of aliphatic carboxylic acids is 2. The molecule has 0 aliphatic rings. The molecule has 0 aliphatic carbocycles. The van der Waals surface area contributed by atoms with Gasteiger partial charge in [0.25, 0.3) is 0 Å². The van der Waals surface area contributed by atoms with Crippen molar-refractivity contribution in [3.05, 3.63) is 35.9 Å². The van der Waals surface area contributed by atoms with Crippen molar-refractivity contribution in [1.82, 2.24) is 10.6 Å². The molecule has 1 aromatic carbocycles. The van der Waals surface area contributed by atoms with E-state index in [0.717, 1.165) is 5.56 Å². The fourth-order valence-electron chi connectivity index (χ4n) is 2.41. The third kappa shape index (κ3) is 7.76. The third-order valence-corrected chi connectivity index (χ3v) is 3.55. The summed E-state index contributed by atoms with van der Waals surface area (Å²) < 4.78 is 0. The first-order valence-electron chi connectivity index (χ1n) is 7.83. The van der Waals surface area contributed by atoms with E-state index < -0.39 is 18.0 Å². The highest BCUT2D eigenvalue weighted by Crippen LogP contribution is 2.15. The van der Waals surface area contributed by atoms with Gasteiger partial charge in [-0.3, -0.25) is 9.59 Å². The first kappa shape index (κ1) is 19.1. The molecule has 0 fully saturated rings. The molecule has 0 amide bonds. The maximum absolute atomic E-state index is 11.3. The van der Waals surface area contributed by atoms with Gasteiger partial charge in [-0.2, -0.15) is 0 Å². The van der Waals surface area contributed by atoms with Crippen LogP contribution < -0.4 is 10.6 Å². The summed E-state index contributed by atoms with van der Waals surface area (Å²) in [4.78, 5) is 22.0. The summed E-state index contributed by atoms with van der Waals surface area (Å²) in [6.45, 7) is 4.80. The van der Waals surface area contributed by atoms with Gasteiger partial charge in [0, 0.05) is 19.0 Å². The van der Waals surface area contributed by atoms with Crippen LogP contribution in [0.25, 0.3) is 0 Å². The van der Waals surface area contributed by atoms with Gasteiger partial charge in [0.15, 0.2) is 0 Å². The Labute approximate surface area is 136 Å². The van der Waals surface area contributed by atoms with Crippen LogP contribution in [0.1, 0.15) is 31.7 Å². The van der Waals surface area contributed by atoms with Crippen LogP contribution in [0.2, 0.25) is 0 Å². The molecule has 6 nitrogen and oxygen atoms in total. The van der Waals surface area contributed by atoms with E-state index in [-0.39, 0.29) is 18.4 Å². The second-order valence-electron chi connectivity index (χ2n) is 6.06. The van der Waals surface area contributed by atoms with Crippen molar-refractivity contribution in [2.75, 3.05) is 19.6 Å². The number of carboxylic acid groups (broad SMARTS) is 2. The third-order valence-electron chi connectivity index (χ3n) is 3.55. The van der Waals surface area contributed by atoms with Gasteiger partial charge in [-0.1, -0.05) is 44.2 Å². The molecule has 23 heavy (non-hydrogen) atoms. The van der Waals surface area contributed by atoms with Crippen LogP contribution >= 0.6 is 0 Å². The Morgan fingerprint density at radius 1 is 1.09 bits per heavy atom. The Kier molecular flexibility index (Phi) is 8.29. The van der Waals surface area contributed by atoms with Crippen LogP contribution in [-0.4, -0.2) is 47.8 Å². The number of rotatable bonds is 11. The van der Waals surface area contributed by atoms with Crippen molar-refractivity contribution in [1.29, 1.82) is 0 Å². The van der Waals surface area contributed by atoms with Crippen LogP contribution in [0.5, 0.6) is 0 Å². The lowest BCUT2D eigenvalue weighted by Crippen LogP contribution is -2.42. The molecule has 0 bridgehead atoms. The summed E-state index contributed by atoms with van der Waals surface area (Å²) in [6.07, 6.45) is 0.555. The zero-order valence-electron chi connectivity index (χ0n) is 13.7. The summed E-state index contributed by atoms with van der Waals surface area (Å²) >= 11 is 0. The molecule has 1 unspecified atom stereocenters. The van der Waals surface area contributed by atoms with Crippen molar-refractivity contribution < 1.29 is 19.8 Å². The van der Waals surface area contributed by atoms with Crippen molar-refractivity contribution in [3.63, 3.8) is 0 Å². The van der Waals surface area contributed by atoms with E-state index in [2.05, 4.69) is 10.6 Å². The van der Waals surface area contributed by atoms with E-state index >= 15 is 0 Å². The molecule has 1 rings (SSSR count). The Bertz CT molecular complexity index is 491. The van der Waals surface area contributed by atoms with Crippen LogP contribution in [0, 0.1) is 5.92 Å². The van der Waals surface area contributed by atoms with Gasteiger partial charge >= 0.3 is 11.9 Å². The predicted molar refractivity (Wildman–Crippen MR) is 88.6 cm³/mol. The fourth-order valence-corrected chi connectivity index (χ4v) is 2.41. The van der Waals surface area contributed by atoms with Gasteiger partial charge < -0.3 is 20.8 Å². The monoisotopic (exact) mass is 322 g/mol. The minimum absolute atomic E-state index is 0.00422. The number of carbonyl (C=O) groups is 2. The molecule has 0 heterocycles. The number of hydrogen-bond acceptors (Lipinski definition) is 4. The van der Waals surface area contributed by atoms with Gasteiger partial charge in [-0.05, 0) is 17.9 Å². The Hall–Kier alpha value is -1.92. The molecular weight excluding hydrogens is 296 g/mol. The standard InChI is InChI=1S/C17H26N2O4/c1-12(2)8-15(17(22)23)19-10-14(9-18-11-16(20)21)13-6-4-3-5-7-13/h3-7,12,14-15,18-19H,8-11H2,1-2H3,(H,20,21)(H,22,23)/t14?,15-/m0/s1. The molecule has 0 aromatic heterocycles. The average Bonchev–Trinajstić information content (AvgIpc) is 2.49. The van der Waals surface area contributed by atoms with Crippen LogP contribution in [-0.2, 0) is 9.59 Å². The first-order chi connectivity index (χ1) is 10.9. The quantitative estimate of drug-likeness (QED) is 0.493. The van der Waals surface area contributed by atoms with Crippen LogP contribution in [0.3, 0.4) is 0 Å². The van der Waals surface area contributed by atoms with E-state index in [4.69, 9.17) is 5.11 Å². The van der Waals surface area contributed by atoms with Crippen LogP contribution in [0.15, 0.2) is 30.3 Å². The van der Waals surface area contributed by atoms with Crippen molar-refractivity contribution in [2.45, 2.75) is 32.2 Å². The topological polar surface area (TPSA) is 98.7 Å². The summed E-state index contributed by atoms with van der Waals surface area (Å²) in [7, 11) is 0. The number of hydrogen-bond donors (Lipinski definition) is 4. The van der Waals surface area contributed by atoms with E-state index in [1.807, 2.05) is 44.2 Å². The summed E-state index contributed by atoms with van der Waals surface area (Å²) in [5.74, 6) is -1.48. The van der Waals surface area contributed by atoms with E-state index in [1.165, 1.54) is 0 Å². The summed E-state index contributed by atoms with van der Waals surface area (Å²) in [5.41, 5.74) is 1.05. The largest absolute Gasteiger partial charge is 0.480 e. The Morgan fingerprint density at radius 3 is 2.26 bits per heavy atom. The molecule has 0 radical (unpaired) electrons. The lowest BCUT2D eigenvalue weighted by molar-refractivity contribution is -0.140. The lowest BCUT2D eigenvalue weighted by Gasteiger charge is -2.22. The molecule has 128 valence electrons. The van der Waals surface area contributed by atoms with Gasteiger partial charge in [-0.25, -0.2) is 0 Å². The molecule has 0 saturated carbocycles. The van der Waals surface area contributed by atoms with E-state index in [9.17, 15) is 14.7 Å². The zero-order chi connectivity index (χ0) is 17.2. The van der Waals surface area contributed by atoms with Crippen molar-refractivity contribution in [3.8, 4) is 0 Å². The SMILES string of the molecule is CC(C)C[C@H](NCC(CNCC(=O)O)c1ccccc1)C(=O)O. The Balaban J connectivity index is 2.68. The number of benzene rings is 1. The molecule has 6 heteroatoms. The van der Waals surface area contributed by atoms with Crippen molar-refractivity contribution >= 4 is 11.9 Å². The smallest absolute Gasteiger partial charge is 0.320 e. The first-order valence-corrected chi connectivity index (χ1v) is 7.83. The normalized spacial score (nSPS) is 13.7. The average molecular weight is 322 g/mol. The highest BCUT2D eigenvalue weighted by molar-refractivity contribution is 5.73. The molecule has 1 aromatic rings. The van der Waals surface area contributed by atoms with Crippen molar-refractivity contribution in [2.24, 2.45) is 5.92 Å². The summed E-state index contributed by atoms with van der Waals surface area (Å²) in [5, 5.41) is 24.0. The fraction of sp³-hybridized carbons (Fsp3) is 0.529. The lowest BCUT2D eigenvalue weighted by atomic mass is 9.97. The molecule has 0 aliphatic heterocycles. The molecule has 2 atom stereocenters. The maximum atomic E-state index is 11.3. The van der Waals surface area contributed by atoms with Gasteiger partial charge in [0.2, 0.25) is 0 Å². The minimum Gasteiger partial charge on any atom is -0.480 e. The minimum atomic E-state index is -0.909. The van der Waals surface area contributed by atoms with E-state index in [0.29, 0.717) is 19.5 Å². The second kappa shape index (κ2) is 9.97. The van der Waals surface area contributed by atoms with Gasteiger partial charge in [-0.15, -0.1) is 0 Å². The molecular formula is C17H26N2O4. The maximum Gasteiger partial charge on any atom is 0.320 e. The predicted octanol–water partition coefficient (Wildman–Crippen LogP) is 1.53.